The zero-order chi connectivity index (χ0) is 8.77. The van der Waals surface area contributed by atoms with Crippen LogP contribution in [0, 0.1) is 23.2 Å². The lowest BCUT2D eigenvalue weighted by Crippen LogP contribution is -2.52. The lowest BCUT2D eigenvalue weighted by molar-refractivity contribution is -0.122. The number of hydrogen-bond donors (Lipinski definition) is 0. The van der Waals surface area contributed by atoms with Crippen molar-refractivity contribution in [2.45, 2.75) is 39.5 Å². The fourth-order valence-electron chi connectivity index (χ4n) is 3.37. The average Bonchev–Trinajstić information content (AvgIpc) is 2.05. The molecule has 3 fully saturated rings. The topological polar surface area (TPSA) is 17.1 Å². The summed E-state index contributed by atoms with van der Waals surface area (Å²) in [5.74, 6) is 2.52. The van der Waals surface area contributed by atoms with E-state index in [0.29, 0.717) is 11.3 Å². The van der Waals surface area contributed by atoms with Gasteiger partial charge in [-0.05, 0) is 42.4 Å². The molecule has 0 aromatic heterocycles. The number of hydrogen-bond acceptors (Lipinski definition) is 1. The highest BCUT2D eigenvalue weighted by Crippen LogP contribution is 2.61. The van der Waals surface area contributed by atoms with Crippen LogP contribution in [0.1, 0.15) is 39.5 Å². The maximum atomic E-state index is 10.4. The van der Waals surface area contributed by atoms with Gasteiger partial charge in [0.1, 0.15) is 6.29 Å². The normalized spacial score (nSPS) is 43.3. The Hall–Kier alpha value is -0.330. The van der Waals surface area contributed by atoms with Crippen molar-refractivity contribution in [1.29, 1.82) is 0 Å². The molecule has 1 nitrogen and oxygen atoms in total. The lowest BCUT2D eigenvalue weighted by Gasteiger charge is -2.60. The highest BCUT2D eigenvalue weighted by molar-refractivity contribution is 5.50. The summed E-state index contributed by atoms with van der Waals surface area (Å²) >= 11 is 0. The average molecular weight is 166 g/mol. The van der Waals surface area contributed by atoms with Crippen molar-refractivity contribution in [2.24, 2.45) is 23.2 Å². The summed E-state index contributed by atoms with van der Waals surface area (Å²) in [5.41, 5.74) is 0.548. The zero-order valence-electron chi connectivity index (χ0n) is 8.05. The minimum absolute atomic E-state index is 0.548. The van der Waals surface area contributed by atoms with Gasteiger partial charge in [0.25, 0.3) is 0 Å². The summed E-state index contributed by atoms with van der Waals surface area (Å²) < 4.78 is 0. The van der Waals surface area contributed by atoms with E-state index in [2.05, 4.69) is 13.8 Å². The van der Waals surface area contributed by atoms with E-state index < -0.39 is 0 Å². The Morgan fingerprint density at radius 2 is 2.17 bits per heavy atom. The van der Waals surface area contributed by atoms with Crippen molar-refractivity contribution in [3.8, 4) is 0 Å². The van der Waals surface area contributed by atoms with Crippen LogP contribution in [0.4, 0.5) is 0 Å². The molecular weight excluding hydrogens is 148 g/mol. The second kappa shape index (κ2) is 2.58. The molecule has 12 heavy (non-hydrogen) atoms. The molecule has 68 valence electrons. The van der Waals surface area contributed by atoms with Gasteiger partial charge in [0.15, 0.2) is 0 Å². The maximum Gasteiger partial charge on any atom is 0.120 e. The maximum absolute atomic E-state index is 10.4. The molecule has 3 saturated carbocycles. The zero-order valence-corrected chi connectivity index (χ0v) is 8.05. The van der Waals surface area contributed by atoms with Crippen molar-refractivity contribution < 1.29 is 4.79 Å². The summed E-state index contributed by atoms with van der Waals surface area (Å²) in [4.78, 5) is 10.4. The van der Waals surface area contributed by atoms with Crippen LogP contribution in [-0.2, 0) is 4.79 Å². The fourth-order valence-corrected chi connectivity index (χ4v) is 3.37. The molecule has 0 amide bonds. The summed E-state index contributed by atoms with van der Waals surface area (Å²) in [6, 6.07) is 0. The lowest BCUT2D eigenvalue weighted by atomic mass is 9.45. The Balaban J connectivity index is 2.05. The Bertz CT molecular complexity index is 193. The summed E-state index contributed by atoms with van der Waals surface area (Å²) in [6.07, 6.45) is 5.98. The standard InChI is InChI=1S/C11H18O/c1-11(2)9-4-3-8(5-6-12)10(11)7-9/h6,8-10H,3-5,7H2,1-2H3/t8-,9?,10?/m1/s1. The van der Waals surface area contributed by atoms with Crippen molar-refractivity contribution in [2.75, 3.05) is 0 Å². The molecule has 0 aliphatic heterocycles. The third-order valence-electron chi connectivity index (χ3n) is 4.40. The van der Waals surface area contributed by atoms with Gasteiger partial charge in [0.05, 0.1) is 0 Å². The van der Waals surface area contributed by atoms with Gasteiger partial charge in [0.2, 0.25) is 0 Å². The van der Waals surface area contributed by atoms with Crippen LogP contribution in [0.3, 0.4) is 0 Å². The summed E-state index contributed by atoms with van der Waals surface area (Å²) in [5, 5.41) is 0. The Morgan fingerprint density at radius 3 is 2.67 bits per heavy atom. The van der Waals surface area contributed by atoms with Crippen molar-refractivity contribution in [3.63, 3.8) is 0 Å². The monoisotopic (exact) mass is 166 g/mol. The predicted molar refractivity (Wildman–Crippen MR) is 48.8 cm³/mol. The molecule has 0 spiro atoms. The molecule has 2 bridgehead atoms. The summed E-state index contributed by atoms with van der Waals surface area (Å²) in [7, 11) is 0. The number of aldehydes is 1. The van der Waals surface area contributed by atoms with Gasteiger partial charge in [0, 0.05) is 6.42 Å². The van der Waals surface area contributed by atoms with Crippen LogP contribution in [0.25, 0.3) is 0 Å². The van der Waals surface area contributed by atoms with Crippen LogP contribution in [0.5, 0.6) is 0 Å². The van der Waals surface area contributed by atoms with Crippen LogP contribution in [0.2, 0.25) is 0 Å². The first kappa shape index (κ1) is 8.28. The SMILES string of the molecule is CC1(C)C2CC[C@H](CC=O)C1C2. The minimum Gasteiger partial charge on any atom is -0.303 e. The second-order valence-corrected chi connectivity index (χ2v) is 5.10. The molecule has 0 N–H and O–H groups in total. The largest absolute Gasteiger partial charge is 0.303 e. The van der Waals surface area contributed by atoms with Gasteiger partial charge in [-0.2, -0.15) is 0 Å². The van der Waals surface area contributed by atoms with Crippen molar-refractivity contribution in [3.05, 3.63) is 0 Å². The van der Waals surface area contributed by atoms with Crippen molar-refractivity contribution in [1.82, 2.24) is 0 Å². The quantitative estimate of drug-likeness (QED) is 0.576. The van der Waals surface area contributed by atoms with Gasteiger partial charge < -0.3 is 4.79 Å². The molecule has 0 aromatic carbocycles. The van der Waals surface area contributed by atoms with Gasteiger partial charge in [-0.25, -0.2) is 0 Å². The third kappa shape index (κ3) is 0.949. The molecule has 1 heteroatoms. The molecule has 3 aliphatic carbocycles. The molecule has 3 atom stereocenters. The number of rotatable bonds is 2. The Kier molecular flexibility index (Phi) is 1.78. The van der Waals surface area contributed by atoms with E-state index >= 15 is 0 Å². The number of fused-ring (bicyclic) bond motifs is 2. The van der Waals surface area contributed by atoms with E-state index in [1.54, 1.807) is 0 Å². The van der Waals surface area contributed by atoms with Crippen LogP contribution < -0.4 is 0 Å². The Labute approximate surface area is 74.5 Å². The van der Waals surface area contributed by atoms with E-state index in [0.717, 1.165) is 24.5 Å². The molecule has 0 saturated heterocycles. The predicted octanol–water partition coefficient (Wildman–Crippen LogP) is 2.65. The van der Waals surface area contributed by atoms with E-state index in [1.807, 2.05) is 0 Å². The smallest absolute Gasteiger partial charge is 0.120 e. The van der Waals surface area contributed by atoms with Crippen LogP contribution in [0.15, 0.2) is 0 Å². The van der Waals surface area contributed by atoms with E-state index in [4.69, 9.17) is 0 Å². The van der Waals surface area contributed by atoms with Crippen LogP contribution in [-0.4, -0.2) is 6.29 Å². The van der Waals surface area contributed by atoms with Crippen molar-refractivity contribution >= 4 is 6.29 Å². The molecule has 0 radical (unpaired) electrons. The first-order chi connectivity index (χ1) is 5.66. The molecule has 0 heterocycles. The van der Waals surface area contributed by atoms with Gasteiger partial charge in [-0.1, -0.05) is 13.8 Å². The first-order valence-corrected chi connectivity index (χ1v) is 5.10. The number of carbonyl (C=O) groups excluding carboxylic acids is 1. The first-order valence-electron chi connectivity index (χ1n) is 5.10. The van der Waals surface area contributed by atoms with E-state index in [9.17, 15) is 4.79 Å². The highest BCUT2D eigenvalue weighted by atomic mass is 16.1. The van der Waals surface area contributed by atoms with Crippen LogP contribution >= 0.6 is 0 Å². The third-order valence-corrected chi connectivity index (χ3v) is 4.40. The minimum atomic E-state index is 0.548. The fraction of sp³-hybridized carbons (Fsp3) is 0.909. The van der Waals surface area contributed by atoms with E-state index in [-0.39, 0.29) is 0 Å². The molecule has 2 unspecified atom stereocenters. The molecule has 3 rings (SSSR count). The number of carbonyl (C=O) groups is 1. The molecule has 0 aromatic rings. The second-order valence-electron chi connectivity index (χ2n) is 5.10. The highest BCUT2D eigenvalue weighted by Gasteiger charge is 2.53. The molecule has 3 aliphatic rings. The van der Waals surface area contributed by atoms with Gasteiger partial charge >= 0.3 is 0 Å². The Morgan fingerprint density at radius 1 is 1.42 bits per heavy atom. The summed E-state index contributed by atoms with van der Waals surface area (Å²) in [6.45, 7) is 4.76. The van der Waals surface area contributed by atoms with E-state index in [1.165, 1.54) is 19.3 Å². The van der Waals surface area contributed by atoms with Gasteiger partial charge in [-0.15, -0.1) is 0 Å². The van der Waals surface area contributed by atoms with Gasteiger partial charge in [-0.3, -0.25) is 0 Å². The molecular formula is C11H18O.